The van der Waals surface area contributed by atoms with Gasteiger partial charge in [-0.25, -0.2) is 4.98 Å². The van der Waals surface area contributed by atoms with Crippen LogP contribution in [0.2, 0.25) is 0 Å². The third-order valence-corrected chi connectivity index (χ3v) is 6.61. The molecule has 2 atom stereocenters. The van der Waals surface area contributed by atoms with E-state index in [1.54, 1.807) is 14.2 Å². The second-order valence-corrected chi connectivity index (χ2v) is 8.50. The number of hydrogen-bond donors (Lipinski definition) is 0. The van der Waals surface area contributed by atoms with Crippen LogP contribution in [0.3, 0.4) is 0 Å². The molecule has 1 aliphatic heterocycles. The Bertz CT molecular complexity index is 1310. The zero-order valence-corrected chi connectivity index (χ0v) is 19.9. The minimum atomic E-state index is -0.0537. The van der Waals surface area contributed by atoms with Crippen molar-refractivity contribution in [3.8, 4) is 17.4 Å². The Hall–Kier alpha value is -3.65. The fourth-order valence-electron chi connectivity index (χ4n) is 4.62. The van der Waals surface area contributed by atoms with Gasteiger partial charge in [-0.2, -0.15) is 10.2 Å². The van der Waals surface area contributed by atoms with Crippen molar-refractivity contribution in [1.29, 1.82) is 0 Å². The van der Waals surface area contributed by atoms with Crippen LogP contribution in [0, 0.1) is 0 Å². The number of methoxy groups -OCH3 is 2. The molecule has 0 saturated carbocycles. The lowest BCUT2D eigenvalue weighted by atomic mass is 10.1. The normalized spacial score (nSPS) is 18.1. The van der Waals surface area contributed by atoms with Gasteiger partial charge in [-0.05, 0) is 31.8 Å². The zero-order valence-electron chi connectivity index (χ0n) is 19.9. The van der Waals surface area contributed by atoms with Crippen molar-refractivity contribution < 1.29 is 14.2 Å². The fraction of sp³-hybridized carbons (Fsp3) is 0.346. The van der Waals surface area contributed by atoms with E-state index in [2.05, 4.69) is 46.1 Å². The van der Waals surface area contributed by atoms with E-state index >= 15 is 0 Å². The molecule has 8 nitrogen and oxygen atoms in total. The summed E-state index contributed by atoms with van der Waals surface area (Å²) in [7, 11) is 5.39. The average Bonchev–Trinajstić information content (AvgIpc) is 3.30. The predicted octanol–water partition coefficient (Wildman–Crippen LogP) is 3.78. The molecule has 0 N–H and O–H groups in total. The summed E-state index contributed by atoms with van der Waals surface area (Å²) in [6.07, 6.45) is 1.76. The van der Waals surface area contributed by atoms with E-state index in [1.165, 1.54) is 0 Å². The summed E-state index contributed by atoms with van der Waals surface area (Å²) in [4.78, 5) is 9.37. The number of fused-ring (bicyclic) bond motifs is 2. The molecular formula is C26H29N5O3. The van der Waals surface area contributed by atoms with Crippen LogP contribution in [0.4, 0.5) is 5.69 Å². The van der Waals surface area contributed by atoms with Gasteiger partial charge in [0.05, 0.1) is 49.7 Å². The smallest absolute Gasteiger partial charge is 0.214 e. The van der Waals surface area contributed by atoms with Gasteiger partial charge in [-0.15, -0.1) is 0 Å². The molecule has 0 spiro atoms. The van der Waals surface area contributed by atoms with E-state index in [0.717, 1.165) is 40.6 Å². The summed E-state index contributed by atoms with van der Waals surface area (Å²) in [5, 5.41) is 10.7. The Morgan fingerprint density at radius 2 is 1.79 bits per heavy atom. The van der Waals surface area contributed by atoms with Crippen LogP contribution < -0.4 is 19.1 Å². The molecule has 34 heavy (non-hydrogen) atoms. The van der Waals surface area contributed by atoms with Gasteiger partial charge in [0, 0.05) is 29.4 Å². The lowest BCUT2D eigenvalue weighted by Gasteiger charge is -2.27. The number of rotatable bonds is 7. The molecule has 4 aromatic rings. The summed E-state index contributed by atoms with van der Waals surface area (Å²) < 4.78 is 17.5. The van der Waals surface area contributed by atoms with E-state index in [9.17, 15) is 0 Å². The topological polar surface area (TPSA) is 72.8 Å². The second-order valence-electron chi connectivity index (χ2n) is 8.50. The highest BCUT2D eigenvalue weighted by molar-refractivity contribution is 5.93. The molecule has 8 heteroatoms. The first-order valence-corrected chi connectivity index (χ1v) is 11.5. The fourth-order valence-corrected chi connectivity index (χ4v) is 4.62. The lowest BCUT2D eigenvalue weighted by Crippen LogP contribution is -2.43. The summed E-state index contributed by atoms with van der Waals surface area (Å²) in [6, 6.07) is 16.1. The van der Waals surface area contributed by atoms with Gasteiger partial charge in [0.25, 0.3) is 0 Å². The standard InChI is InChI=1S/C26H29N5O3/c1-5-30(2)22-15-31(16-25(22)34-26-11-10-17-8-6-7-9-19(17)28-26)21-14-27-29-20-13-24(33-4)23(32-3)12-18(20)21/h6-14,22,25H,5,15-16H2,1-4H3. The molecule has 1 aliphatic rings. The van der Waals surface area contributed by atoms with Crippen LogP contribution in [0.25, 0.3) is 21.8 Å². The third-order valence-electron chi connectivity index (χ3n) is 6.61. The molecule has 176 valence electrons. The Balaban J connectivity index is 1.48. The third kappa shape index (κ3) is 4.05. The Morgan fingerprint density at radius 1 is 1.00 bits per heavy atom. The van der Waals surface area contributed by atoms with Crippen molar-refractivity contribution in [3.63, 3.8) is 0 Å². The van der Waals surface area contributed by atoms with Crippen molar-refractivity contribution in [2.24, 2.45) is 0 Å². The number of aromatic nitrogens is 3. The highest BCUT2D eigenvalue weighted by Gasteiger charge is 2.38. The maximum Gasteiger partial charge on any atom is 0.214 e. The zero-order chi connectivity index (χ0) is 23.7. The van der Waals surface area contributed by atoms with Gasteiger partial charge in [0.15, 0.2) is 11.5 Å². The first-order chi connectivity index (χ1) is 16.6. The number of ether oxygens (including phenoxy) is 3. The van der Waals surface area contributed by atoms with Crippen molar-refractivity contribution in [2.45, 2.75) is 19.1 Å². The SMILES string of the molecule is CCN(C)C1CN(c2cnnc3cc(OC)c(OC)cc23)CC1Oc1ccc2ccccc2n1. The maximum atomic E-state index is 6.49. The monoisotopic (exact) mass is 459 g/mol. The Kier molecular flexibility index (Phi) is 6.06. The van der Waals surface area contributed by atoms with Crippen LogP contribution in [0.15, 0.2) is 54.7 Å². The van der Waals surface area contributed by atoms with Gasteiger partial charge in [0.1, 0.15) is 6.10 Å². The number of likely N-dealkylation sites (N-methyl/N-ethyl adjacent to an activating group) is 1. The highest BCUT2D eigenvalue weighted by Crippen LogP contribution is 2.37. The molecule has 0 aliphatic carbocycles. The average molecular weight is 460 g/mol. The Labute approximate surface area is 199 Å². The summed E-state index contributed by atoms with van der Waals surface area (Å²) in [6.45, 7) is 4.59. The Morgan fingerprint density at radius 3 is 2.59 bits per heavy atom. The van der Waals surface area contributed by atoms with Crippen molar-refractivity contribution in [1.82, 2.24) is 20.1 Å². The van der Waals surface area contributed by atoms with E-state index in [-0.39, 0.29) is 12.1 Å². The van der Waals surface area contributed by atoms with Crippen LogP contribution in [-0.2, 0) is 0 Å². The molecular weight excluding hydrogens is 430 g/mol. The molecule has 0 radical (unpaired) electrons. The number of pyridine rings is 1. The summed E-state index contributed by atoms with van der Waals surface area (Å²) in [5.74, 6) is 1.94. The molecule has 0 bridgehead atoms. The van der Waals surface area contributed by atoms with Gasteiger partial charge < -0.3 is 19.1 Å². The molecule has 2 unspecified atom stereocenters. The molecule has 1 fully saturated rings. The first kappa shape index (κ1) is 22.2. The van der Waals surface area contributed by atoms with E-state index in [0.29, 0.717) is 23.9 Å². The van der Waals surface area contributed by atoms with Crippen LogP contribution in [-0.4, -0.2) is 73.1 Å². The van der Waals surface area contributed by atoms with Crippen molar-refractivity contribution >= 4 is 27.5 Å². The second kappa shape index (κ2) is 9.30. The van der Waals surface area contributed by atoms with Crippen LogP contribution in [0.1, 0.15) is 6.92 Å². The minimum Gasteiger partial charge on any atom is -0.493 e. The van der Waals surface area contributed by atoms with Crippen LogP contribution >= 0.6 is 0 Å². The molecule has 5 rings (SSSR count). The van der Waals surface area contributed by atoms with Crippen molar-refractivity contribution in [3.05, 3.63) is 54.7 Å². The molecule has 0 amide bonds. The number of anilines is 1. The first-order valence-electron chi connectivity index (χ1n) is 11.5. The molecule has 3 heterocycles. The molecule has 2 aromatic carbocycles. The van der Waals surface area contributed by atoms with Crippen molar-refractivity contribution in [2.75, 3.05) is 45.8 Å². The number of para-hydroxylation sites is 1. The quantitative estimate of drug-likeness (QED) is 0.413. The largest absolute Gasteiger partial charge is 0.493 e. The van der Waals surface area contributed by atoms with Gasteiger partial charge >= 0.3 is 0 Å². The van der Waals surface area contributed by atoms with E-state index in [4.69, 9.17) is 19.2 Å². The molecule has 1 saturated heterocycles. The summed E-state index contributed by atoms with van der Waals surface area (Å²) >= 11 is 0. The highest BCUT2D eigenvalue weighted by atomic mass is 16.5. The van der Waals surface area contributed by atoms with Gasteiger partial charge in [-0.1, -0.05) is 25.1 Å². The van der Waals surface area contributed by atoms with Gasteiger partial charge in [0.2, 0.25) is 5.88 Å². The van der Waals surface area contributed by atoms with E-state index < -0.39 is 0 Å². The lowest BCUT2D eigenvalue weighted by molar-refractivity contribution is 0.118. The maximum absolute atomic E-state index is 6.49. The summed E-state index contributed by atoms with van der Waals surface area (Å²) in [5.41, 5.74) is 2.69. The predicted molar refractivity (Wildman–Crippen MR) is 133 cm³/mol. The number of benzene rings is 2. The molecule has 2 aromatic heterocycles. The van der Waals surface area contributed by atoms with Crippen LogP contribution in [0.5, 0.6) is 17.4 Å². The number of nitrogens with zero attached hydrogens (tertiary/aromatic N) is 5. The van der Waals surface area contributed by atoms with E-state index in [1.807, 2.05) is 42.6 Å². The van der Waals surface area contributed by atoms with Gasteiger partial charge in [-0.3, -0.25) is 4.90 Å². The minimum absolute atomic E-state index is 0.0537. The number of hydrogen-bond acceptors (Lipinski definition) is 8.